The second-order valence-corrected chi connectivity index (χ2v) is 9.61. The largest absolute Gasteiger partial charge is 0.494 e. The number of hydrogen-bond donors (Lipinski definition) is 2. The Kier molecular flexibility index (Phi) is 4.53. The Morgan fingerprint density at radius 1 is 1.19 bits per heavy atom. The molecule has 2 atom stereocenters. The zero-order chi connectivity index (χ0) is 19.2. The first-order valence-corrected chi connectivity index (χ1v) is 10.6. The Balaban J connectivity index is 1.53. The number of nitrogens with zero attached hydrogens (tertiary/aromatic N) is 1. The first-order valence-electron chi connectivity index (χ1n) is 9.80. The van der Waals surface area contributed by atoms with Crippen molar-refractivity contribution < 1.29 is 4.74 Å². The van der Waals surface area contributed by atoms with Gasteiger partial charge in [0.15, 0.2) is 5.17 Å². The van der Waals surface area contributed by atoms with Gasteiger partial charge in [0, 0.05) is 21.6 Å². The summed E-state index contributed by atoms with van der Waals surface area (Å²) in [4.78, 5) is 6.23. The maximum absolute atomic E-state index is 5.53. The number of rotatable bonds is 4. The van der Waals surface area contributed by atoms with Crippen LogP contribution >= 0.6 is 11.8 Å². The van der Waals surface area contributed by atoms with Crippen molar-refractivity contribution in [3.05, 3.63) is 46.5 Å². The van der Waals surface area contributed by atoms with E-state index in [0.29, 0.717) is 17.9 Å². The van der Waals surface area contributed by atoms with Gasteiger partial charge >= 0.3 is 0 Å². The molecule has 5 heteroatoms. The minimum atomic E-state index is 0.180. The number of benzene rings is 1. The van der Waals surface area contributed by atoms with Crippen molar-refractivity contribution >= 4 is 22.6 Å². The highest BCUT2D eigenvalue weighted by Gasteiger charge is 2.57. The molecule has 0 radical (unpaired) electrons. The molecule has 0 spiro atoms. The molecule has 4 rings (SSSR count). The van der Waals surface area contributed by atoms with Crippen LogP contribution in [0, 0.1) is 16.7 Å². The van der Waals surface area contributed by atoms with Crippen molar-refractivity contribution in [1.82, 2.24) is 10.9 Å². The molecule has 4 nitrogen and oxygen atoms in total. The quantitative estimate of drug-likeness (QED) is 0.739. The van der Waals surface area contributed by atoms with Gasteiger partial charge in [0.05, 0.1) is 12.3 Å². The summed E-state index contributed by atoms with van der Waals surface area (Å²) in [5.74, 6) is 1.55. The molecule has 2 N–H and O–H groups in total. The number of aliphatic imine (C=N–C) groups is 1. The topological polar surface area (TPSA) is 45.6 Å². The van der Waals surface area contributed by atoms with E-state index in [0.717, 1.165) is 22.2 Å². The molecule has 0 aromatic heterocycles. The summed E-state index contributed by atoms with van der Waals surface area (Å²) in [5, 5.41) is 0.929. The summed E-state index contributed by atoms with van der Waals surface area (Å²) >= 11 is 1.70. The SMILES string of the molecule is CCOc1ccc(C2=C(C)SC(=NC3=C[C@H]4CC[C@]3(C)C4(C)C)NN2)cc1. The van der Waals surface area contributed by atoms with E-state index < -0.39 is 0 Å². The van der Waals surface area contributed by atoms with Gasteiger partial charge in [-0.05, 0) is 62.3 Å². The normalized spacial score (nSPS) is 30.2. The molecule has 1 aromatic carbocycles. The number of hydrazine groups is 1. The average molecular weight is 384 g/mol. The number of hydrogen-bond acceptors (Lipinski definition) is 4. The standard InChI is InChI=1S/C22H29N3OS/c1-6-26-17-9-7-15(8-10-17)19-14(2)27-20(25-24-19)23-18-13-16-11-12-22(18,5)21(16,3)4/h7-10,13,16,24H,6,11-12H2,1-5H3,(H,23,25)/t16-,22+/m1/s1. The molecule has 1 fully saturated rings. The third-order valence-electron chi connectivity index (χ3n) is 6.80. The van der Waals surface area contributed by atoms with Crippen LogP contribution in [-0.2, 0) is 0 Å². The van der Waals surface area contributed by atoms with E-state index >= 15 is 0 Å². The van der Waals surface area contributed by atoms with Crippen LogP contribution in [0.25, 0.3) is 5.70 Å². The fourth-order valence-corrected chi connectivity index (χ4v) is 5.37. The second-order valence-electron chi connectivity index (χ2n) is 8.41. The summed E-state index contributed by atoms with van der Waals surface area (Å²) in [6, 6.07) is 8.20. The lowest BCUT2D eigenvalue weighted by Crippen LogP contribution is -2.38. The highest BCUT2D eigenvalue weighted by Crippen LogP contribution is 2.65. The summed E-state index contributed by atoms with van der Waals surface area (Å²) in [6.45, 7) is 12.0. The molecule has 2 aliphatic carbocycles. The number of amidine groups is 1. The maximum Gasteiger partial charge on any atom is 0.184 e. The molecule has 3 aliphatic rings. The highest BCUT2D eigenvalue weighted by atomic mass is 32.2. The van der Waals surface area contributed by atoms with Gasteiger partial charge in [0.1, 0.15) is 5.75 Å². The second kappa shape index (κ2) is 6.62. The van der Waals surface area contributed by atoms with Crippen molar-refractivity contribution in [1.29, 1.82) is 0 Å². The van der Waals surface area contributed by atoms with Gasteiger partial charge in [0.2, 0.25) is 0 Å². The molecule has 1 aliphatic heterocycles. The Morgan fingerprint density at radius 3 is 2.48 bits per heavy atom. The van der Waals surface area contributed by atoms with Crippen LogP contribution in [0.3, 0.4) is 0 Å². The van der Waals surface area contributed by atoms with Gasteiger partial charge < -0.3 is 4.74 Å². The van der Waals surface area contributed by atoms with Gasteiger partial charge in [-0.25, -0.2) is 4.99 Å². The first-order chi connectivity index (χ1) is 12.8. The Morgan fingerprint density at radius 2 is 1.93 bits per heavy atom. The maximum atomic E-state index is 5.53. The van der Waals surface area contributed by atoms with Crippen molar-refractivity contribution in [3.63, 3.8) is 0 Å². The van der Waals surface area contributed by atoms with E-state index in [2.05, 4.69) is 56.8 Å². The minimum absolute atomic E-state index is 0.180. The third-order valence-corrected chi connectivity index (χ3v) is 7.70. The lowest BCUT2D eigenvalue weighted by atomic mass is 9.69. The first kappa shape index (κ1) is 18.5. The van der Waals surface area contributed by atoms with E-state index in [1.807, 2.05) is 19.1 Å². The summed E-state index contributed by atoms with van der Waals surface area (Å²) in [5.41, 5.74) is 10.6. The zero-order valence-corrected chi connectivity index (χ0v) is 17.7. The third kappa shape index (κ3) is 2.96. The van der Waals surface area contributed by atoms with Crippen LogP contribution in [0.5, 0.6) is 5.75 Å². The smallest absolute Gasteiger partial charge is 0.184 e. The highest BCUT2D eigenvalue weighted by molar-refractivity contribution is 8.17. The van der Waals surface area contributed by atoms with Gasteiger partial charge in [-0.2, -0.15) is 0 Å². The Bertz CT molecular complexity index is 838. The molecule has 0 saturated heterocycles. The van der Waals surface area contributed by atoms with E-state index in [9.17, 15) is 0 Å². The molecule has 1 aromatic rings. The van der Waals surface area contributed by atoms with Crippen LogP contribution in [0.1, 0.15) is 53.0 Å². The minimum Gasteiger partial charge on any atom is -0.494 e. The molecular formula is C22H29N3OS. The van der Waals surface area contributed by atoms with E-state index in [1.54, 1.807) is 11.8 Å². The van der Waals surface area contributed by atoms with Crippen LogP contribution in [0.4, 0.5) is 0 Å². The summed E-state index contributed by atoms with van der Waals surface area (Å²) in [7, 11) is 0. The average Bonchev–Trinajstić information content (AvgIpc) is 2.97. The van der Waals surface area contributed by atoms with Crippen LogP contribution in [0.2, 0.25) is 0 Å². The molecule has 0 unspecified atom stereocenters. The summed E-state index contributed by atoms with van der Waals surface area (Å²) < 4.78 is 5.53. The monoisotopic (exact) mass is 383 g/mol. The van der Waals surface area contributed by atoms with Crippen molar-refractivity contribution in [3.8, 4) is 5.75 Å². The Hall–Kier alpha value is -1.88. The molecule has 1 heterocycles. The summed E-state index contributed by atoms with van der Waals surface area (Å²) in [6.07, 6.45) is 4.93. The van der Waals surface area contributed by atoms with Crippen molar-refractivity contribution in [2.24, 2.45) is 21.7 Å². The molecule has 1 saturated carbocycles. The van der Waals surface area contributed by atoms with E-state index in [4.69, 9.17) is 9.73 Å². The van der Waals surface area contributed by atoms with Gasteiger partial charge in [-0.1, -0.05) is 38.6 Å². The Labute approximate surface area is 166 Å². The van der Waals surface area contributed by atoms with Crippen LogP contribution in [-0.4, -0.2) is 11.8 Å². The van der Waals surface area contributed by atoms with E-state index in [-0.39, 0.29) is 5.41 Å². The number of thioether (sulfide) groups is 1. The van der Waals surface area contributed by atoms with Gasteiger partial charge in [-0.3, -0.25) is 10.9 Å². The number of fused-ring (bicyclic) bond motifs is 2. The molecule has 0 amide bonds. The fourth-order valence-electron chi connectivity index (χ4n) is 4.57. The predicted octanol–water partition coefficient (Wildman–Crippen LogP) is 5.31. The predicted molar refractivity (Wildman–Crippen MR) is 114 cm³/mol. The number of allylic oxidation sites excluding steroid dienone is 3. The van der Waals surface area contributed by atoms with Gasteiger partial charge in [-0.15, -0.1) is 0 Å². The molecular weight excluding hydrogens is 354 g/mol. The van der Waals surface area contributed by atoms with Crippen LogP contribution < -0.4 is 15.6 Å². The molecule has 144 valence electrons. The lowest BCUT2D eigenvalue weighted by Gasteiger charge is -2.36. The fraction of sp³-hybridized carbons (Fsp3) is 0.500. The molecule has 2 bridgehead atoms. The zero-order valence-electron chi connectivity index (χ0n) is 16.8. The van der Waals surface area contributed by atoms with Crippen molar-refractivity contribution in [2.45, 2.75) is 47.5 Å². The van der Waals surface area contributed by atoms with Gasteiger partial charge in [0.25, 0.3) is 0 Å². The lowest BCUT2D eigenvalue weighted by molar-refractivity contribution is 0.170. The number of nitrogens with one attached hydrogen (secondary N) is 2. The molecule has 27 heavy (non-hydrogen) atoms. The van der Waals surface area contributed by atoms with Crippen molar-refractivity contribution in [2.75, 3.05) is 6.61 Å². The number of ether oxygens (including phenoxy) is 1. The van der Waals surface area contributed by atoms with E-state index in [1.165, 1.54) is 23.4 Å². The van der Waals surface area contributed by atoms with Crippen LogP contribution in [0.15, 0.2) is 45.9 Å².